The van der Waals surface area contributed by atoms with Crippen molar-refractivity contribution in [3.8, 4) is 11.5 Å². The van der Waals surface area contributed by atoms with Gasteiger partial charge in [0.05, 0.1) is 20.3 Å². The third-order valence-electron chi connectivity index (χ3n) is 3.24. The zero-order chi connectivity index (χ0) is 16.4. The fourth-order valence-electron chi connectivity index (χ4n) is 2.19. The van der Waals surface area contributed by atoms with Crippen LogP contribution in [0.1, 0.15) is 32.3 Å². The molecule has 0 atom stereocenters. The van der Waals surface area contributed by atoms with Crippen LogP contribution in [-0.2, 0) is 11.3 Å². The van der Waals surface area contributed by atoms with Crippen molar-refractivity contribution in [2.75, 3.05) is 33.9 Å². The summed E-state index contributed by atoms with van der Waals surface area (Å²) in [7, 11) is 3.42. The maximum absolute atomic E-state index is 12.1. The molecule has 132 valence electrons. The van der Waals surface area contributed by atoms with E-state index in [1.54, 1.807) is 14.2 Å². The fraction of sp³-hybridized carbons (Fsp3) is 0.588. The predicted octanol–water partition coefficient (Wildman–Crippen LogP) is 2.86. The lowest BCUT2D eigenvalue weighted by Gasteiger charge is -2.22. The molecule has 1 N–H and O–H groups in total. The number of hydrogen-bond donors (Lipinski definition) is 1. The Balaban J connectivity index is 0.00000484. The van der Waals surface area contributed by atoms with E-state index in [9.17, 15) is 4.79 Å². The molecule has 0 unspecified atom stereocenters. The molecule has 1 rings (SSSR count). The van der Waals surface area contributed by atoms with E-state index in [4.69, 9.17) is 9.47 Å². The number of likely N-dealkylation sites (N-methyl/N-ethyl adjacent to an activating group) is 1. The lowest BCUT2D eigenvalue weighted by molar-refractivity contribution is -0.130. The Morgan fingerprint density at radius 2 is 1.96 bits per heavy atom. The van der Waals surface area contributed by atoms with Crippen molar-refractivity contribution >= 4 is 18.3 Å². The van der Waals surface area contributed by atoms with Gasteiger partial charge in [-0.25, -0.2) is 0 Å². The van der Waals surface area contributed by atoms with Gasteiger partial charge in [-0.15, -0.1) is 12.4 Å². The first kappa shape index (κ1) is 21.5. The van der Waals surface area contributed by atoms with E-state index in [0.29, 0.717) is 25.4 Å². The third kappa shape index (κ3) is 7.10. The lowest BCUT2D eigenvalue weighted by Crippen LogP contribution is -2.37. The molecule has 0 aliphatic carbocycles. The number of methoxy groups -OCH3 is 1. The summed E-state index contributed by atoms with van der Waals surface area (Å²) in [6.07, 6.45) is 1.89. The molecule has 5 nitrogen and oxygen atoms in total. The first-order chi connectivity index (χ1) is 10.7. The second-order valence-corrected chi connectivity index (χ2v) is 5.18. The molecule has 0 heterocycles. The van der Waals surface area contributed by atoms with Crippen molar-refractivity contribution in [1.29, 1.82) is 0 Å². The molecular weight excluding hydrogens is 316 g/mol. The van der Waals surface area contributed by atoms with E-state index in [2.05, 4.69) is 19.2 Å². The number of nitrogens with zero attached hydrogens (tertiary/aromatic N) is 1. The van der Waals surface area contributed by atoms with Gasteiger partial charge in [0, 0.05) is 13.1 Å². The molecule has 1 aromatic rings. The van der Waals surface area contributed by atoms with Crippen LogP contribution in [0.25, 0.3) is 0 Å². The van der Waals surface area contributed by atoms with Crippen molar-refractivity contribution in [1.82, 2.24) is 10.2 Å². The van der Waals surface area contributed by atoms with Gasteiger partial charge in [0.1, 0.15) is 0 Å². The van der Waals surface area contributed by atoms with Crippen LogP contribution in [0, 0.1) is 0 Å². The minimum Gasteiger partial charge on any atom is -0.493 e. The number of ether oxygens (including phenoxy) is 2. The SMILES string of the molecule is CCCOc1ccc(CN(CCC)C(=O)CNC)cc1OC.Cl. The second kappa shape index (κ2) is 12.0. The summed E-state index contributed by atoms with van der Waals surface area (Å²) < 4.78 is 11.0. The number of nitrogens with one attached hydrogen (secondary N) is 1. The highest BCUT2D eigenvalue weighted by Crippen LogP contribution is 2.28. The van der Waals surface area contributed by atoms with Gasteiger partial charge >= 0.3 is 0 Å². The number of benzene rings is 1. The predicted molar refractivity (Wildman–Crippen MR) is 95.7 cm³/mol. The standard InChI is InChI=1S/C17H28N2O3.ClH/c1-5-9-19(17(20)12-18-3)13-14-7-8-15(22-10-6-2)16(11-14)21-4;/h7-8,11,18H,5-6,9-10,12-13H2,1-4H3;1H. The normalized spacial score (nSPS) is 9.91. The van der Waals surface area contributed by atoms with Crippen molar-refractivity contribution in [3.63, 3.8) is 0 Å². The molecule has 0 aliphatic heterocycles. The van der Waals surface area contributed by atoms with Crippen molar-refractivity contribution < 1.29 is 14.3 Å². The average Bonchev–Trinajstić information content (AvgIpc) is 2.53. The zero-order valence-corrected chi connectivity index (χ0v) is 15.4. The number of amides is 1. The minimum absolute atomic E-state index is 0. The van der Waals surface area contributed by atoms with Gasteiger partial charge in [-0.3, -0.25) is 4.79 Å². The summed E-state index contributed by atoms with van der Waals surface area (Å²) >= 11 is 0. The fourth-order valence-corrected chi connectivity index (χ4v) is 2.19. The first-order valence-electron chi connectivity index (χ1n) is 7.88. The van der Waals surface area contributed by atoms with Gasteiger partial charge in [-0.2, -0.15) is 0 Å². The Morgan fingerprint density at radius 3 is 2.52 bits per heavy atom. The van der Waals surface area contributed by atoms with E-state index in [0.717, 1.165) is 30.7 Å². The highest BCUT2D eigenvalue weighted by atomic mass is 35.5. The van der Waals surface area contributed by atoms with E-state index in [1.165, 1.54) is 0 Å². The molecule has 0 aromatic heterocycles. The maximum atomic E-state index is 12.1. The number of carbonyl (C=O) groups excluding carboxylic acids is 1. The molecular formula is C17H29ClN2O3. The van der Waals surface area contributed by atoms with Crippen LogP contribution < -0.4 is 14.8 Å². The van der Waals surface area contributed by atoms with Crippen molar-refractivity contribution in [3.05, 3.63) is 23.8 Å². The van der Waals surface area contributed by atoms with Crippen LogP contribution in [0.15, 0.2) is 18.2 Å². The van der Waals surface area contributed by atoms with Crippen molar-refractivity contribution in [2.24, 2.45) is 0 Å². The molecule has 0 radical (unpaired) electrons. The van der Waals surface area contributed by atoms with E-state index >= 15 is 0 Å². The van der Waals surface area contributed by atoms with Gasteiger partial charge in [-0.05, 0) is 37.6 Å². The van der Waals surface area contributed by atoms with Gasteiger partial charge in [0.2, 0.25) is 5.91 Å². The highest BCUT2D eigenvalue weighted by Gasteiger charge is 2.14. The molecule has 6 heteroatoms. The summed E-state index contributed by atoms with van der Waals surface area (Å²) in [5.41, 5.74) is 1.04. The number of rotatable bonds is 10. The van der Waals surface area contributed by atoms with Crippen LogP contribution in [0.3, 0.4) is 0 Å². The molecule has 1 amide bonds. The number of carbonyl (C=O) groups is 1. The van der Waals surface area contributed by atoms with Crippen LogP contribution in [0.2, 0.25) is 0 Å². The summed E-state index contributed by atoms with van der Waals surface area (Å²) in [4.78, 5) is 14.0. The van der Waals surface area contributed by atoms with Gasteiger partial charge in [0.25, 0.3) is 0 Å². The monoisotopic (exact) mass is 344 g/mol. The second-order valence-electron chi connectivity index (χ2n) is 5.18. The van der Waals surface area contributed by atoms with E-state index in [-0.39, 0.29) is 18.3 Å². The molecule has 0 saturated carbocycles. The summed E-state index contributed by atoms with van der Waals surface area (Å²) in [6, 6.07) is 5.85. The first-order valence-corrected chi connectivity index (χ1v) is 7.88. The third-order valence-corrected chi connectivity index (χ3v) is 3.24. The van der Waals surface area contributed by atoms with E-state index < -0.39 is 0 Å². The lowest BCUT2D eigenvalue weighted by atomic mass is 10.1. The Hall–Kier alpha value is -1.46. The number of hydrogen-bond acceptors (Lipinski definition) is 4. The van der Waals surface area contributed by atoms with Gasteiger partial charge in [0.15, 0.2) is 11.5 Å². The van der Waals surface area contributed by atoms with Crippen LogP contribution >= 0.6 is 12.4 Å². The largest absolute Gasteiger partial charge is 0.493 e. The Morgan fingerprint density at radius 1 is 1.22 bits per heavy atom. The molecule has 0 aliphatic rings. The quantitative estimate of drug-likeness (QED) is 0.709. The Labute approximate surface area is 145 Å². The molecule has 0 saturated heterocycles. The average molecular weight is 345 g/mol. The molecule has 1 aromatic carbocycles. The molecule has 23 heavy (non-hydrogen) atoms. The molecule has 0 spiro atoms. The molecule has 0 fully saturated rings. The van der Waals surface area contributed by atoms with E-state index in [1.807, 2.05) is 23.1 Å². The summed E-state index contributed by atoms with van der Waals surface area (Å²) in [5, 5.41) is 2.91. The topological polar surface area (TPSA) is 50.8 Å². The molecule has 0 bridgehead atoms. The maximum Gasteiger partial charge on any atom is 0.236 e. The van der Waals surface area contributed by atoms with Crippen molar-refractivity contribution in [2.45, 2.75) is 33.2 Å². The Kier molecular flexibility index (Phi) is 11.3. The van der Waals surface area contributed by atoms with Gasteiger partial charge in [-0.1, -0.05) is 19.9 Å². The summed E-state index contributed by atoms with van der Waals surface area (Å²) in [6.45, 7) is 6.49. The van der Waals surface area contributed by atoms with Crippen LogP contribution in [0.5, 0.6) is 11.5 Å². The van der Waals surface area contributed by atoms with Crippen LogP contribution in [0.4, 0.5) is 0 Å². The Bertz CT molecular complexity index is 469. The van der Waals surface area contributed by atoms with Crippen LogP contribution in [-0.4, -0.2) is 44.7 Å². The zero-order valence-electron chi connectivity index (χ0n) is 14.6. The summed E-state index contributed by atoms with van der Waals surface area (Å²) in [5.74, 6) is 1.56. The van der Waals surface area contributed by atoms with Gasteiger partial charge < -0.3 is 19.7 Å². The smallest absolute Gasteiger partial charge is 0.236 e. The number of halogens is 1. The minimum atomic E-state index is 0. The highest BCUT2D eigenvalue weighted by molar-refractivity contribution is 5.85.